The highest BCUT2D eigenvalue weighted by molar-refractivity contribution is 6.29. The van der Waals surface area contributed by atoms with Crippen LogP contribution in [0.2, 0.25) is 5.22 Å². The molecule has 2 aromatic rings. The van der Waals surface area contributed by atoms with Gasteiger partial charge in [0.25, 0.3) is 0 Å². The van der Waals surface area contributed by atoms with Gasteiger partial charge in [0.15, 0.2) is 0 Å². The second-order valence-electron chi connectivity index (χ2n) is 3.17. The molecule has 2 rings (SSSR count). The summed E-state index contributed by atoms with van der Waals surface area (Å²) >= 11 is 5.75. The van der Waals surface area contributed by atoms with Crippen molar-refractivity contribution in [3.8, 4) is 17.0 Å². The Kier molecular flexibility index (Phi) is 3.12. The predicted octanol–water partition coefficient (Wildman–Crippen LogP) is 2.50. The highest BCUT2D eigenvalue weighted by Gasteiger charge is 2.15. The van der Waals surface area contributed by atoms with Gasteiger partial charge in [0.2, 0.25) is 5.22 Å². The molecule has 1 N–H and O–H groups in total. The first-order chi connectivity index (χ1) is 7.76. The van der Waals surface area contributed by atoms with Crippen LogP contribution in [-0.4, -0.2) is 17.4 Å². The summed E-state index contributed by atoms with van der Waals surface area (Å²) in [7, 11) is 1.59. The smallest absolute Gasteiger partial charge is 0.232 e. The minimum Gasteiger partial charge on any atom is -0.497 e. The molecule has 84 valence electrons. The van der Waals surface area contributed by atoms with Crippen LogP contribution in [0.3, 0.4) is 0 Å². The van der Waals surface area contributed by atoms with Crippen LogP contribution in [0.25, 0.3) is 11.3 Å². The van der Waals surface area contributed by atoms with Crippen molar-refractivity contribution in [3.05, 3.63) is 35.0 Å². The molecule has 1 heterocycles. The largest absolute Gasteiger partial charge is 0.497 e. The average Bonchev–Trinajstić information content (AvgIpc) is 2.70. The van der Waals surface area contributed by atoms with E-state index in [2.05, 4.69) is 5.16 Å². The van der Waals surface area contributed by atoms with Gasteiger partial charge in [-0.2, -0.15) is 0 Å². The molecule has 0 atom stereocenters. The Morgan fingerprint density at radius 1 is 1.50 bits per heavy atom. The number of benzene rings is 1. The maximum atomic E-state index is 9.16. The van der Waals surface area contributed by atoms with Crippen molar-refractivity contribution in [2.45, 2.75) is 6.61 Å². The summed E-state index contributed by atoms with van der Waals surface area (Å²) in [6.07, 6.45) is 0. The van der Waals surface area contributed by atoms with Crippen molar-refractivity contribution < 1.29 is 14.4 Å². The Balaban J connectivity index is 2.49. The van der Waals surface area contributed by atoms with E-state index in [1.54, 1.807) is 13.2 Å². The normalized spacial score (nSPS) is 10.4. The van der Waals surface area contributed by atoms with Gasteiger partial charge in [0.1, 0.15) is 11.4 Å². The fraction of sp³-hybridized carbons (Fsp3) is 0.182. The molecule has 5 heteroatoms. The maximum Gasteiger partial charge on any atom is 0.232 e. The van der Waals surface area contributed by atoms with Gasteiger partial charge in [0, 0.05) is 5.56 Å². The number of ether oxygens (including phenoxy) is 1. The van der Waals surface area contributed by atoms with Crippen LogP contribution in [0.1, 0.15) is 5.56 Å². The molecule has 0 spiro atoms. The molecule has 16 heavy (non-hydrogen) atoms. The van der Waals surface area contributed by atoms with Crippen LogP contribution in [-0.2, 0) is 6.61 Å². The summed E-state index contributed by atoms with van der Waals surface area (Å²) in [5, 5.41) is 13.1. The summed E-state index contributed by atoms with van der Waals surface area (Å²) < 4.78 is 9.93. The van der Waals surface area contributed by atoms with Gasteiger partial charge in [-0.3, -0.25) is 0 Å². The Morgan fingerprint density at radius 2 is 2.31 bits per heavy atom. The fourth-order valence-electron chi connectivity index (χ4n) is 1.42. The quantitative estimate of drug-likeness (QED) is 0.894. The molecule has 0 saturated carbocycles. The standard InChI is InChI=1S/C11H10ClNO3/c1-15-8-4-2-3-7(5-8)10-9(6-14)11(12)16-13-10/h2-5,14H,6H2,1H3. The van der Waals surface area contributed by atoms with Crippen molar-refractivity contribution in [3.63, 3.8) is 0 Å². The number of aliphatic hydroxyl groups is 1. The monoisotopic (exact) mass is 239 g/mol. The molecule has 4 nitrogen and oxygen atoms in total. The highest BCUT2D eigenvalue weighted by atomic mass is 35.5. The van der Waals surface area contributed by atoms with Gasteiger partial charge in [-0.1, -0.05) is 17.3 Å². The summed E-state index contributed by atoms with van der Waals surface area (Å²) in [6, 6.07) is 7.30. The van der Waals surface area contributed by atoms with Crippen LogP contribution in [0.4, 0.5) is 0 Å². The average molecular weight is 240 g/mol. The Bertz CT molecular complexity index is 496. The van der Waals surface area contributed by atoms with E-state index in [1.807, 2.05) is 18.2 Å². The van der Waals surface area contributed by atoms with E-state index >= 15 is 0 Å². The van der Waals surface area contributed by atoms with Crippen molar-refractivity contribution in [1.82, 2.24) is 5.16 Å². The molecule has 0 aliphatic carbocycles. The van der Waals surface area contributed by atoms with Gasteiger partial charge >= 0.3 is 0 Å². The molecular weight excluding hydrogens is 230 g/mol. The van der Waals surface area contributed by atoms with Gasteiger partial charge in [0.05, 0.1) is 19.3 Å². The molecule has 0 aliphatic heterocycles. The zero-order chi connectivity index (χ0) is 11.5. The molecule has 0 saturated heterocycles. The number of halogens is 1. The number of aromatic nitrogens is 1. The molecule has 0 fully saturated rings. The first kappa shape index (κ1) is 11.0. The number of nitrogens with zero attached hydrogens (tertiary/aromatic N) is 1. The van der Waals surface area contributed by atoms with E-state index in [1.165, 1.54) is 0 Å². The number of methoxy groups -OCH3 is 1. The molecule has 0 bridgehead atoms. The first-order valence-corrected chi connectivity index (χ1v) is 5.03. The van der Waals surface area contributed by atoms with E-state index < -0.39 is 0 Å². The molecule has 0 unspecified atom stereocenters. The van der Waals surface area contributed by atoms with Crippen LogP contribution < -0.4 is 4.74 Å². The van der Waals surface area contributed by atoms with Crippen LogP contribution in [0.5, 0.6) is 5.75 Å². The number of rotatable bonds is 3. The topological polar surface area (TPSA) is 55.5 Å². The minimum absolute atomic E-state index is 0.111. The van der Waals surface area contributed by atoms with Gasteiger partial charge in [-0.05, 0) is 23.7 Å². The maximum absolute atomic E-state index is 9.16. The molecule has 0 aliphatic rings. The number of hydrogen-bond donors (Lipinski definition) is 1. The summed E-state index contributed by atoms with van der Waals surface area (Å²) in [4.78, 5) is 0. The van der Waals surface area contributed by atoms with E-state index in [0.29, 0.717) is 17.0 Å². The molecule has 1 aromatic carbocycles. The summed E-state index contributed by atoms with van der Waals surface area (Å²) in [6.45, 7) is -0.213. The number of aliphatic hydroxyl groups excluding tert-OH is 1. The third kappa shape index (κ3) is 1.89. The van der Waals surface area contributed by atoms with Crippen molar-refractivity contribution in [2.24, 2.45) is 0 Å². The third-order valence-electron chi connectivity index (χ3n) is 2.24. The minimum atomic E-state index is -0.213. The summed E-state index contributed by atoms with van der Waals surface area (Å²) in [5.74, 6) is 0.709. The van der Waals surface area contributed by atoms with Crippen molar-refractivity contribution in [1.29, 1.82) is 0 Å². The van der Waals surface area contributed by atoms with E-state index in [4.69, 9.17) is 26.0 Å². The van der Waals surface area contributed by atoms with Crippen LogP contribution >= 0.6 is 11.6 Å². The zero-order valence-electron chi connectivity index (χ0n) is 8.61. The van der Waals surface area contributed by atoms with Crippen molar-refractivity contribution >= 4 is 11.6 Å². The lowest BCUT2D eigenvalue weighted by molar-refractivity contribution is 0.281. The summed E-state index contributed by atoms with van der Waals surface area (Å²) in [5.41, 5.74) is 1.81. The highest BCUT2D eigenvalue weighted by Crippen LogP contribution is 2.30. The van der Waals surface area contributed by atoms with E-state index in [0.717, 1.165) is 5.56 Å². The van der Waals surface area contributed by atoms with E-state index in [-0.39, 0.29) is 11.8 Å². The molecule has 0 radical (unpaired) electrons. The molecule has 0 amide bonds. The SMILES string of the molecule is COc1cccc(-c2noc(Cl)c2CO)c1. The van der Waals surface area contributed by atoms with Gasteiger partial charge in [-0.15, -0.1) is 0 Å². The van der Waals surface area contributed by atoms with Gasteiger partial charge < -0.3 is 14.4 Å². The Hall–Kier alpha value is -1.52. The van der Waals surface area contributed by atoms with E-state index in [9.17, 15) is 0 Å². The van der Waals surface area contributed by atoms with Crippen LogP contribution in [0, 0.1) is 0 Å². The second kappa shape index (κ2) is 4.55. The fourth-order valence-corrected chi connectivity index (χ4v) is 1.61. The zero-order valence-corrected chi connectivity index (χ0v) is 9.36. The molecular formula is C11H10ClNO3. The van der Waals surface area contributed by atoms with Crippen molar-refractivity contribution in [2.75, 3.05) is 7.11 Å². The number of hydrogen-bond acceptors (Lipinski definition) is 4. The first-order valence-electron chi connectivity index (χ1n) is 4.65. The second-order valence-corrected chi connectivity index (χ2v) is 3.52. The lowest BCUT2D eigenvalue weighted by atomic mass is 10.1. The van der Waals surface area contributed by atoms with Gasteiger partial charge in [-0.25, -0.2) is 0 Å². The van der Waals surface area contributed by atoms with Crippen LogP contribution in [0.15, 0.2) is 28.8 Å². The Morgan fingerprint density at radius 3 is 3.00 bits per heavy atom. The lowest BCUT2D eigenvalue weighted by Crippen LogP contribution is -1.88. The lowest BCUT2D eigenvalue weighted by Gasteiger charge is -2.02. The third-order valence-corrected chi connectivity index (χ3v) is 2.54. The molecule has 1 aromatic heterocycles. The Labute approximate surface area is 97.4 Å². The predicted molar refractivity (Wildman–Crippen MR) is 59.4 cm³/mol.